The summed E-state index contributed by atoms with van der Waals surface area (Å²) in [5.74, 6) is 1.33. The van der Waals surface area contributed by atoms with Gasteiger partial charge in [-0.3, -0.25) is 9.69 Å². The first kappa shape index (κ1) is 20.2. The van der Waals surface area contributed by atoms with Crippen LogP contribution in [-0.4, -0.2) is 51.3 Å². The second kappa shape index (κ2) is 9.57. The number of nitrogens with one attached hydrogen (secondary N) is 1. The lowest BCUT2D eigenvalue weighted by Crippen LogP contribution is -2.35. The molecule has 1 aliphatic heterocycles. The zero-order chi connectivity index (χ0) is 19.9. The predicted molar refractivity (Wildman–Crippen MR) is 108 cm³/mol. The Hall–Kier alpha value is -2.57. The normalized spacial score (nSPS) is 15.7. The summed E-state index contributed by atoms with van der Waals surface area (Å²) in [6, 6.07) is 13.1. The van der Waals surface area contributed by atoms with Crippen molar-refractivity contribution in [2.75, 3.05) is 40.5 Å². The van der Waals surface area contributed by atoms with Crippen LogP contribution in [0.3, 0.4) is 0 Å². The van der Waals surface area contributed by atoms with Crippen molar-refractivity contribution in [3.63, 3.8) is 0 Å². The van der Waals surface area contributed by atoms with Crippen LogP contribution in [0.2, 0.25) is 0 Å². The van der Waals surface area contributed by atoms with Gasteiger partial charge in [0.2, 0.25) is 0 Å². The van der Waals surface area contributed by atoms with Crippen LogP contribution in [0.15, 0.2) is 42.5 Å². The summed E-state index contributed by atoms with van der Waals surface area (Å²) >= 11 is 0. The first-order valence-electron chi connectivity index (χ1n) is 9.52. The van der Waals surface area contributed by atoms with Gasteiger partial charge in [0.25, 0.3) is 5.91 Å². The van der Waals surface area contributed by atoms with Crippen molar-refractivity contribution in [3.05, 3.63) is 59.2 Å². The van der Waals surface area contributed by atoms with Crippen LogP contribution in [0, 0.1) is 0 Å². The molecule has 1 unspecified atom stereocenters. The van der Waals surface area contributed by atoms with Crippen molar-refractivity contribution in [1.82, 2.24) is 10.2 Å². The summed E-state index contributed by atoms with van der Waals surface area (Å²) in [5, 5.41) is 3.04. The van der Waals surface area contributed by atoms with Crippen molar-refractivity contribution < 1.29 is 19.0 Å². The van der Waals surface area contributed by atoms with Gasteiger partial charge in [-0.25, -0.2) is 0 Å². The van der Waals surface area contributed by atoms with Crippen LogP contribution in [0.4, 0.5) is 0 Å². The minimum atomic E-state index is -0.217. The van der Waals surface area contributed by atoms with E-state index in [0.29, 0.717) is 5.56 Å². The second-order valence-electron chi connectivity index (χ2n) is 6.89. The van der Waals surface area contributed by atoms with Gasteiger partial charge in [-0.05, 0) is 42.8 Å². The number of rotatable bonds is 7. The first-order chi connectivity index (χ1) is 13.6. The molecule has 0 aliphatic carbocycles. The molecule has 6 heteroatoms. The van der Waals surface area contributed by atoms with Gasteiger partial charge < -0.3 is 19.5 Å². The van der Waals surface area contributed by atoms with E-state index >= 15 is 0 Å². The number of hydrogen-bond donors (Lipinski definition) is 1. The Morgan fingerprint density at radius 1 is 1.11 bits per heavy atom. The number of hydrogen-bond acceptors (Lipinski definition) is 5. The van der Waals surface area contributed by atoms with Gasteiger partial charge >= 0.3 is 0 Å². The Kier molecular flexibility index (Phi) is 6.90. The van der Waals surface area contributed by atoms with Crippen LogP contribution in [0.25, 0.3) is 0 Å². The molecule has 0 bridgehead atoms. The number of amides is 1. The highest BCUT2D eigenvalue weighted by Crippen LogP contribution is 2.29. The number of benzene rings is 2. The second-order valence-corrected chi connectivity index (χ2v) is 6.89. The van der Waals surface area contributed by atoms with Gasteiger partial charge in [0.15, 0.2) is 0 Å². The maximum atomic E-state index is 12.7. The monoisotopic (exact) mass is 384 g/mol. The van der Waals surface area contributed by atoms with Crippen LogP contribution in [0.5, 0.6) is 11.5 Å². The lowest BCUT2D eigenvalue weighted by molar-refractivity contribution is 0.0342. The Morgan fingerprint density at radius 3 is 2.46 bits per heavy atom. The van der Waals surface area contributed by atoms with Crippen LogP contribution < -0.4 is 14.8 Å². The molecule has 3 rings (SSSR count). The highest BCUT2D eigenvalue weighted by Gasteiger charge is 2.17. The number of ether oxygens (including phenoxy) is 3. The summed E-state index contributed by atoms with van der Waals surface area (Å²) in [4.78, 5) is 15.0. The highest BCUT2D eigenvalue weighted by atomic mass is 16.5. The van der Waals surface area contributed by atoms with E-state index in [1.807, 2.05) is 49.4 Å². The molecule has 2 aromatic rings. The summed E-state index contributed by atoms with van der Waals surface area (Å²) in [6.45, 7) is 6.27. The minimum absolute atomic E-state index is 0.115. The van der Waals surface area contributed by atoms with E-state index in [1.165, 1.54) is 5.56 Å². The molecule has 0 aromatic heterocycles. The van der Waals surface area contributed by atoms with E-state index in [0.717, 1.165) is 49.9 Å². The summed E-state index contributed by atoms with van der Waals surface area (Å²) in [6.07, 6.45) is 0. The fraction of sp³-hybridized carbons (Fsp3) is 0.409. The lowest BCUT2D eigenvalue weighted by atomic mass is 10.1. The van der Waals surface area contributed by atoms with Gasteiger partial charge in [0.1, 0.15) is 11.5 Å². The van der Waals surface area contributed by atoms with Crippen LogP contribution in [0.1, 0.15) is 34.5 Å². The Bertz CT molecular complexity index is 786. The zero-order valence-corrected chi connectivity index (χ0v) is 16.7. The van der Waals surface area contributed by atoms with Crippen molar-refractivity contribution in [2.24, 2.45) is 0 Å². The molecule has 1 heterocycles. The largest absolute Gasteiger partial charge is 0.497 e. The van der Waals surface area contributed by atoms with Crippen LogP contribution >= 0.6 is 0 Å². The molecule has 0 radical (unpaired) electrons. The van der Waals surface area contributed by atoms with E-state index in [1.54, 1.807) is 14.2 Å². The van der Waals surface area contributed by atoms with Crippen molar-refractivity contribution in [2.45, 2.75) is 19.5 Å². The number of carbonyl (C=O) groups is 1. The molecule has 0 saturated carbocycles. The van der Waals surface area contributed by atoms with Crippen LogP contribution in [-0.2, 0) is 11.3 Å². The van der Waals surface area contributed by atoms with Crippen molar-refractivity contribution in [1.29, 1.82) is 0 Å². The SMILES string of the molecule is COc1ccc(OC)c(C(C)NC(=O)c2ccc(CN3CCOCC3)cc2)c1. The highest BCUT2D eigenvalue weighted by molar-refractivity contribution is 5.94. The first-order valence-corrected chi connectivity index (χ1v) is 9.52. The molecule has 150 valence electrons. The van der Waals surface area contributed by atoms with Gasteiger partial charge in [-0.15, -0.1) is 0 Å². The average molecular weight is 384 g/mol. The standard InChI is InChI=1S/C22H28N2O4/c1-16(20-14-19(26-2)8-9-21(20)27-3)23-22(25)18-6-4-17(5-7-18)15-24-10-12-28-13-11-24/h4-9,14,16H,10-13,15H2,1-3H3,(H,23,25). The molecule has 1 N–H and O–H groups in total. The third kappa shape index (κ3) is 5.03. The van der Waals surface area contributed by atoms with Crippen molar-refractivity contribution >= 4 is 5.91 Å². The predicted octanol–water partition coefficient (Wildman–Crippen LogP) is 3.03. The molecule has 2 aromatic carbocycles. The molecular weight excluding hydrogens is 356 g/mol. The Balaban J connectivity index is 1.64. The minimum Gasteiger partial charge on any atom is -0.497 e. The summed E-state index contributed by atoms with van der Waals surface area (Å²) in [7, 11) is 3.24. The number of nitrogens with zero attached hydrogens (tertiary/aromatic N) is 1. The molecule has 1 atom stereocenters. The summed E-state index contributed by atoms with van der Waals surface area (Å²) < 4.78 is 16.1. The Labute approximate surface area is 166 Å². The molecule has 6 nitrogen and oxygen atoms in total. The van der Waals surface area contributed by atoms with E-state index in [-0.39, 0.29) is 11.9 Å². The topological polar surface area (TPSA) is 60.0 Å². The molecule has 1 fully saturated rings. The molecule has 1 amide bonds. The maximum Gasteiger partial charge on any atom is 0.251 e. The quantitative estimate of drug-likeness (QED) is 0.795. The fourth-order valence-corrected chi connectivity index (χ4v) is 3.31. The smallest absolute Gasteiger partial charge is 0.251 e. The number of morpholine rings is 1. The molecule has 28 heavy (non-hydrogen) atoms. The van der Waals surface area contributed by atoms with E-state index in [2.05, 4.69) is 10.2 Å². The molecule has 0 spiro atoms. The number of methoxy groups -OCH3 is 2. The molecule has 1 aliphatic rings. The molecular formula is C22H28N2O4. The zero-order valence-electron chi connectivity index (χ0n) is 16.7. The Morgan fingerprint density at radius 2 is 1.82 bits per heavy atom. The van der Waals surface area contributed by atoms with Gasteiger partial charge in [-0.1, -0.05) is 12.1 Å². The summed E-state index contributed by atoms with van der Waals surface area (Å²) in [5.41, 5.74) is 2.71. The van der Waals surface area contributed by atoms with Crippen molar-refractivity contribution in [3.8, 4) is 11.5 Å². The van der Waals surface area contributed by atoms with E-state index in [9.17, 15) is 4.79 Å². The van der Waals surface area contributed by atoms with Gasteiger partial charge in [-0.2, -0.15) is 0 Å². The van der Waals surface area contributed by atoms with E-state index < -0.39 is 0 Å². The lowest BCUT2D eigenvalue weighted by Gasteiger charge is -2.26. The third-order valence-electron chi connectivity index (χ3n) is 4.98. The molecule has 1 saturated heterocycles. The third-order valence-corrected chi connectivity index (χ3v) is 4.98. The van der Waals surface area contributed by atoms with Gasteiger partial charge in [0, 0.05) is 30.8 Å². The number of carbonyl (C=O) groups excluding carboxylic acids is 1. The van der Waals surface area contributed by atoms with Gasteiger partial charge in [0.05, 0.1) is 33.5 Å². The fourth-order valence-electron chi connectivity index (χ4n) is 3.31. The van der Waals surface area contributed by atoms with E-state index in [4.69, 9.17) is 14.2 Å². The average Bonchev–Trinajstić information content (AvgIpc) is 2.74. The maximum absolute atomic E-state index is 12.7.